The van der Waals surface area contributed by atoms with Crippen LogP contribution in [0.5, 0.6) is 0 Å². The minimum absolute atomic E-state index is 0.122. The molecule has 3 aromatic rings. The Hall–Kier alpha value is -3.08. The van der Waals surface area contributed by atoms with Gasteiger partial charge in [-0.1, -0.05) is 6.07 Å². The molecule has 1 heterocycles. The maximum absolute atomic E-state index is 12.4. The summed E-state index contributed by atoms with van der Waals surface area (Å²) < 4.78 is 1.89. The third kappa shape index (κ3) is 3.46. The Balaban J connectivity index is 1.74. The molecule has 0 atom stereocenters. The molecule has 0 spiro atoms. The lowest BCUT2D eigenvalue weighted by molar-refractivity contribution is 0.102. The number of nitrogens with zero attached hydrogens (tertiary/aromatic N) is 3. The van der Waals surface area contributed by atoms with Gasteiger partial charge in [-0.25, -0.2) is 4.98 Å². The Bertz CT molecular complexity index is 810. The number of hydrogen-bond acceptors (Lipinski definition) is 3. The second-order valence-corrected chi connectivity index (χ2v) is 5.54. The molecule has 1 aromatic heterocycles. The van der Waals surface area contributed by atoms with Crippen LogP contribution in [0.1, 0.15) is 17.3 Å². The zero-order valence-electron chi connectivity index (χ0n) is 13.8. The van der Waals surface area contributed by atoms with E-state index in [1.807, 2.05) is 66.3 Å². The number of nitrogens with one attached hydrogen (secondary N) is 1. The van der Waals surface area contributed by atoms with E-state index < -0.39 is 0 Å². The zero-order valence-corrected chi connectivity index (χ0v) is 13.8. The van der Waals surface area contributed by atoms with Gasteiger partial charge in [-0.05, 0) is 49.4 Å². The highest BCUT2D eigenvalue weighted by atomic mass is 16.1. The van der Waals surface area contributed by atoms with Gasteiger partial charge in [-0.3, -0.25) is 4.79 Å². The van der Waals surface area contributed by atoms with Crippen LogP contribution < -0.4 is 10.2 Å². The Kier molecular flexibility index (Phi) is 4.61. The van der Waals surface area contributed by atoms with Gasteiger partial charge in [-0.15, -0.1) is 0 Å². The second kappa shape index (κ2) is 7.00. The van der Waals surface area contributed by atoms with E-state index >= 15 is 0 Å². The lowest BCUT2D eigenvalue weighted by Crippen LogP contribution is -2.16. The first-order valence-electron chi connectivity index (χ1n) is 7.88. The largest absolute Gasteiger partial charge is 0.375 e. The van der Waals surface area contributed by atoms with Gasteiger partial charge < -0.3 is 14.8 Å². The molecule has 0 fully saturated rings. The van der Waals surface area contributed by atoms with Gasteiger partial charge in [0.05, 0.1) is 6.33 Å². The number of benzene rings is 2. The predicted octanol–water partition coefficient (Wildman–Crippen LogP) is 3.58. The van der Waals surface area contributed by atoms with Crippen molar-refractivity contribution in [2.24, 2.45) is 0 Å². The first kappa shape index (κ1) is 15.8. The fourth-order valence-corrected chi connectivity index (χ4v) is 2.41. The van der Waals surface area contributed by atoms with Crippen LogP contribution in [0.2, 0.25) is 0 Å². The molecule has 122 valence electrons. The van der Waals surface area contributed by atoms with Crippen LogP contribution in [0.3, 0.4) is 0 Å². The van der Waals surface area contributed by atoms with Crippen LogP contribution >= 0.6 is 0 Å². The summed E-state index contributed by atoms with van der Waals surface area (Å²) in [6, 6.07) is 15.3. The summed E-state index contributed by atoms with van der Waals surface area (Å²) in [4.78, 5) is 18.6. The van der Waals surface area contributed by atoms with Crippen molar-refractivity contribution in [1.29, 1.82) is 0 Å². The highest BCUT2D eigenvalue weighted by Gasteiger charge is 2.07. The molecule has 24 heavy (non-hydrogen) atoms. The van der Waals surface area contributed by atoms with Crippen LogP contribution in [0.15, 0.2) is 67.3 Å². The number of hydrogen-bond donors (Lipinski definition) is 1. The Labute approximate surface area is 141 Å². The molecule has 1 amide bonds. The molecule has 0 radical (unpaired) electrons. The van der Waals surface area contributed by atoms with Crippen molar-refractivity contribution >= 4 is 17.3 Å². The molecule has 5 nitrogen and oxygen atoms in total. The van der Waals surface area contributed by atoms with Crippen LogP contribution in [-0.2, 0) is 0 Å². The smallest absolute Gasteiger partial charge is 0.255 e. The van der Waals surface area contributed by atoms with E-state index in [1.54, 1.807) is 12.5 Å². The molecule has 0 unspecified atom stereocenters. The summed E-state index contributed by atoms with van der Waals surface area (Å²) in [6.45, 7) is 3.01. The lowest BCUT2D eigenvalue weighted by Gasteiger charge is -2.16. The predicted molar refractivity (Wildman–Crippen MR) is 96.9 cm³/mol. The molecule has 0 aliphatic carbocycles. The van der Waals surface area contributed by atoms with Crippen molar-refractivity contribution in [2.75, 3.05) is 23.8 Å². The van der Waals surface area contributed by atoms with Gasteiger partial charge in [0.1, 0.15) is 0 Å². The van der Waals surface area contributed by atoms with Crippen LogP contribution in [0, 0.1) is 0 Å². The number of imidazole rings is 1. The van der Waals surface area contributed by atoms with E-state index in [0.717, 1.165) is 23.6 Å². The number of rotatable bonds is 5. The van der Waals surface area contributed by atoms with E-state index in [0.29, 0.717) is 5.56 Å². The van der Waals surface area contributed by atoms with Crippen molar-refractivity contribution in [3.8, 4) is 5.69 Å². The van der Waals surface area contributed by atoms with E-state index in [1.165, 1.54) is 0 Å². The molecule has 0 saturated heterocycles. The van der Waals surface area contributed by atoms with Gasteiger partial charge in [0, 0.05) is 48.6 Å². The average molecular weight is 320 g/mol. The van der Waals surface area contributed by atoms with Crippen LogP contribution in [0.4, 0.5) is 11.4 Å². The minimum atomic E-state index is -0.122. The van der Waals surface area contributed by atoms with Crippen molar-refractivity contribution in [3.63, 3.8) is 0 Å². The Morgan fingerprint density at radius 2 is 2.00 bits per heavy atom. The van der Waals surface area contributed by atoms with E-state index in [2.05, 4.69) is 22.1 Å². The zero-order chi connectivity index (χ0) is 16.9. The van der Waals surface area contributed by atoms with Crippen molar-refractivity contribution < 1.29 is 4.79 Å². The van der Waals surface area contributed by atoms with Crippen molar-refractivity contribution in [2.45, 2.75) is 6.92 Å². The van der Waals surface area contributed by atoms with Gasteiger partial charge in [-0.2, -0.15) is 0 Å². The molecule has 3 rings (SSSR count). The first-order chi connectivity index (χ1) is 11.7. The summed E-state index contributed by atoms with van der Waals surface area (Å²) in [5.74, 6) is -0.122. The van der Waals surface area contributed by atoms with Crippen molar-refractivity contribution in [1.82, 2.24) is 9.55 Å². The summed E-state index contributed by atoms with van der Waals surface area (Å²) in [5.41, 5.74) is 3.43. The van der Waals surface area contributed by atoms with E-state index in [9.17, 15) is 4.79 Å². The average Bonchev–Trinajstić information content (AvgIpc) is 3.16. The van der Waals surface area contributed by atoms with Gasteiger partial charge in [0.25, 0.3) is 5.91 Å². The highest BCUT2D eigenvalue weighted by Crippen LogP contribution is 2.17. The number of anilines is 2. The molecular formula is C19H20N4O. The monoisotopic (exact) mass is 320 g/mol. The SMILES string of the molecule is CCN(C)c1ccc(C(=O)Nc2cccc(-n3ccnc3)c2)cc1. The van der Waals surface area contributed by atoms with Gasteiger partial charge in [0.15, 0.2) is 0 Å². The Morgan fingerprint density at radius 3 is 2.67 bits per heavy atom. The molecular weight excluding hydrogens is 300 g/mol. The van der Waals surface area contributed by atoms with Crippen molar-refractivity contribution in [3.05, 3.63) is 72.8 Å². The normalized spacial score (nSPS) is 10.4. The third-order valence-electron chi connectivity index (χ3n) is 3.95. The maximum atomic E-state index is 12.4. The minimum Gasteiger partial charge on any atom is -0.375 e. The maximum Gasteiger partial charge on any atom is 0.255 e. The topological polar surface area (TPSA) is 50.2 Å². The van der Waals surface area contributed by atoms with E-state index in [4.69, 9.17) is 0 Å². The number of carbonyl (C=O) groups is 1. The quantitative estimate of drug-likeness (QED) is 0.782. The standard InChI is InChI=1S/C19H20N4O/c1-3-22(2)17-9-7-15(8-10-17)19(24)21-16-5-4-6-18(13-16)23-12-11-20-14-23/h4-14H,3H2,1-2H3,(H,21,24). The van der Waals surface area contributed by atoms with Gasteiger partial charge >= 0.3 is 0 Å². The summed E-state index contributed by atoms with van der Waals surface area (Å²) in [7, 11) is 2.02. The number of amides is 1. The number of carbonyl (C=O) groups excluding carboxylic acids is 1. The molecule has 0 aliphatic heterocycles. The molecule has 5 heteroatoms. The molecule has 1 N–H and O–H groups in total. The number of aromatic nitrogens is 2. The molecule has 0 bridgehead atoms. The lowest BCUT2D eigenvalue weighted by atomic mass is 10.1. The highest BCUT2D eigenvalue weighted by molar-refractivity contribution is 6.04. The summed E-state index contributed by atoms with van der Waals surface area (Å²) in [6.07, 6.45) is 5.31. The second-order valence-electron chi connectivity index (χ2n) is 5.54. The third-order valence-corrected chi connectivity index (χ3v) is 3.95. The Morgan fingerprint density at radius 1 is 1.21 bits per heavy atom. The fraction of sp³-hybridized carbons (Fsp3) is 0.158. The van der Waals surface area contributed by atoms with Gasteiger partial charge in [0.2, 0.25) is 0 Å². The molecule has 0 saturated carbocycles. The van der Waals surface area contributed by atoms with Crippen LogP contribution in [0.25, 0.3) is 5.69 Å². The first-order valence-corrected chi connectivity index (χ1v) is 7.88. The summed E-state index contributed by atoms with van der Waals surface area (Å²) >= 11 is 0. The fourth-order valence-electron chi connectivity index (χ4n) is 2.41. The molecule has 2 aromatic carbocycles. The van der Waals surface area contributed by atoms with Crippen LogP contribution in [-0.4, -0.2) is 29.1 Å². The molecule has 0 aliphatic rings. The summed E-state index contributed by atoms with van der Waals surface area (Å²) in [5, 5.41) is 2.94. The van der Waals surface area contributed by atoms with E-state index in [-0.39, 0.29) is 5.91 Å².